The largest absolute Gasteiger partial charge is 0.462 e. The molecule has 1 N–H and O–H groups in total. The Balaban J connectivity index is 1.73. The Bertz CT molecular complexity index is 1280. The third-order valence-electron chi connectivity index (χ3n) is 5.23. The maximum Gasteiger partial charge on any atom is 0.338 e. The second-order valence-electron chi connectivity index (χ2n) is 8.01. The molecular formula is C26H28N2O5S. The van der Waals surface area contributed by atoms with Crippen molar-refractivity contribution in [2.24, 2.45) is 0 Å². The molecule has 8 heteroatoms. The molecule has 0 saturated heterocycles. The van der Waals surface area contributed by atoms with Gasteiger partial charge < -0.3 is 10.1 Å². The van der Waals surface area contributed by atoms with Crippen molar-refractivity contribution in [1.29, 1.82) is 0 Å². The van der Waals surface area contributed by atoms with Crippen molar-refractivity contribution < 1.29 is 22.7 Å². The van der Waals surface area contributed by atoms with Gasteiger partial charge in [-0.25, -0.2) is 13.2 Å². The van der Waals surface area contributed by atoms with Crippen LogP contribution in [0.1, 0.15) is 44.3 Å². The van der Waals surface area contributed by atoms with E-state index in [1.807, 2.05) is 32.0 Å². The lowest BCUT2D eigenvalue weighted by Gasteiger charge is -2.25. The molecule has 3 aromatic carbocycles. The second-order valence-corrected chi connectivity index (χ2v) is 9.92. The average molecular weight is 481 g/mol. The Kier molecular flexibility index (Phi) is 7.73. The number of hydrogen-bond acceptors (Lipinski definition) is 5. The highest BCUT2D eigenvalue weighted by atomic mass is 32.2. The molecule has 0 radical (unpaired) electrons. The molecule has 0 aliphatic rings. The van der Waals surface area contributed by atoms with Crippen LogP contribution >= 0.6 is 0 Å². The lowest BCUT2D eigenvalue weighted by molar-refractivity contribution is 0.0526. The van der Waals surface area contributed by atoms with Crippen molar-refractivity contribution in [3.8, 4) is 0 Å². The molecule has 1 amide bonds. The van der Waals surface area contributed by atoms with Crippen LogP contribution < -0.4 is 9.62 Å². The normalized spacial score (nSPS) is 11.1. The standard InChI is InChI=1S/C26H28N2O5S/c1-5-33-26(30)22-12-14-23(15-13-22)27-25(29)21-10-8-20(9-11-21)17-28(34(4,31)32)24-16-18(2)6-7-19(24)3/h6-16H,5,17H2,1-4H3,(H,27,29). The van der Waals surface area contributed by atoms with Crippen molar-refractivity contribution in [3.63, 3.8) is 0 Å². The highest BCUT2D eigenvalue weighted by molar-refractivity contribution is 7.92. The number of nitrogens with one attached hydrogen (secondary N) is 1. The molecule has 3 rings (SSSR count). The summed E-state index contributed by atoms with van der Waals surface area (Å²) in [6.07, 6.45) is 1.18. The summed E-state index contributed by atoms with van der Waals surface area (Å²) in [6.45, 7) is 5.97. The maximum absolute atomic E-state index is 12.6. The molecule has 0 unspecified atom stereocenters. The zero-order valence-electron chi connectivity index (χ0n) is 19.7. The predicted octanol–water partition coefficient (Wildman–Crippen LogP) is 4.70. The monoisotopic (exact) mass is 480 g/mol. The topological polar surface area (TPSA) is 92.8 Å². The molecule has 34 heavy (non-hydrogen) atoms. The van der Waals surface area contributed by atoms with Crippen molar-refractivity contribution in [1.82, 2.24) is 0 Å². The summed E-state index contributed by atoms with van der Waals surface area (Å²) >= 11 is 0. The molecule has 0 aromatic heterocycles. The fourth-order valence-corrected chi connectivity index (χ4v) is 4.34. The van der Waals surface area contributed by atoms with Crippen LogP contribution in [0.4, 0.5) is 11.4 Å². The third kappa shape index (κ3) is 6.23. The van der Waals surface area contributed by atoms with Gasteiger partial charge in [0.2, 0.25) is 10.0 Å². The predicted molar refractivity (Wildman–Crippen MR) is 134 cm³/mol. The van der Waals surface area contributed by atoms with Crippen LogP contribution in [-0.2, 0) is 21.3 Å². The van der Waals surface area contributed by atoms with E-state index in [2.05, 4.69) is 5.32 Å². The summed E-state index contributed by atoms with van der Waals surface area (Å²) in [6, 6.07) is 18.9. The molecule has 0 aliphatic carbocycles. The fourth-order valence-electron chi connectivity index (χ4n) is 3.40. The summed E-state index contributed by atoms with van der Waals surface area (Å²) < 4.78 is 31.3. The number of nitrogens with zero attached hydrogens (tertiary/aromatic N) is 1. The summed E-state index contributed by atoms with van der Waals surface area (Å²) in [4.78, 5) is 24.4. The highest BCUT2D eigenvalue weighted by Gasteiger charge is 2.20. The van der Waals surface area contributed by atoms with Crippen LogP contribution in [-0.4, -0.2) is 33.2 Å². The Morgan fingerprint density at radius 1 is 0.912 bits per heavy atom. The molecule has 0 spiro atoms. The Morgan fingerprint density at radius 3 is 2.12 bits per heavy atom. The van der Waals surface area contributed by atoms with Gasteiger partial charge in [0.25, 0.3) is 5.91 Å². The van der Waals surface area contributed by atoms with E-state index in [0.717, 1.165) is 16.7 Å². The highest BCUT2D eigenvalue weighted by Crippen LogP contribution is 2.26. The zero-order valence-corrected chi connectivity index (χ0v) is 20.5. The molecule has 3 aromatic rings. The lowest BCUT2D eigenvalue weighted by atomic mass is 10.1. The first kappa shape index (κ1) is 25.0. The van der Waals surface area contributed by atoms with Gasteiger partial charge in [-0.3, -0.25) is 9.10 Å². The van der Waals surface area contributed by atoms with E-state index in [1.165, 1.54) is 10.6 Å². The van der Waals surface area contributed by atoms with E-state index in [1.54, 1.807) is 55.5 Å². The number of benzene rings is 3. The minimum atomic E-state index is -3.51. The molecule has 0 atom stereocenters. The van der Waals surface area contributed by atoms with Gasteiger partial charge in [-0.2, -0.15) is 0 Å². The first-order valence-electron chi connectivity index (χ1n) is 10.8. The van der Waals surface area contributed by atoms with E-state index < -0.39 is 16.0 Å². The van der Waals surface area contributed by atoms with Gasteiger partial charge in [0.1, 0.15) is 0 Å². The molecule has 0 aliphatic heterocycles. The average Bonchev–Trinajstić information content (AvgIpc) is 2.79. The minimum Gasteiger partial charge on any atom is -0.462 e. The van der Waals surface area contributed by atoms with Gasteiger partial charge in [0.05, 0.1) is 30.7 Å². The number of carbonyl (C=O) groups is 2. The lowest BCUT2D eigenvalue weighted by Crippen LogP contribution is -2.30. The second kappa shape index (κ2) is 10.5. The quantitative estimate of drug-likeness (QED) is 0.472. The van der Waals surface area contributed by atoms with Gasteiger partial charge in [-0.15, -0.1) is 0 Å². The van der Waals surface area contributed by atoms with Crippen LogP contribution in [0.15, 0.2) is 66.7 Å². The number of sulfonamides is 1. The van der Waals surface area contributed by atoms with Gasteiger partial charge in [-0.05, 0) is 79.9 Å². The number of anilines is 2. The van der Waals surface area contributed by atoms with Crippen LogP contribution in [0.2, 0.25) is 0 Å². The van der Waals surface area contributed by atoms with E-state index in [-0.39, 0.29) is 12.5 Å². The van der Waals surface area contributed by atoms with Crippen molar-refractivity contribution in [2.45, 2.75) is 27.3 Å². The molecule has 0 heterocycles. The number of hydrogen-bond donors (Lipinski definition) is 1. The number of carbonyl (C=O) groups excluding carboxylic acids is 2. The SMILES string of the molecule is CCOC(=O)c1ccc(NC(=O)c2ccc(CN(c3cc(C)ccc3C)S(C)(=O)=O)cc2)cc1. The van der Waals surface area contributed by atoms with Crippen LogP contribution in [0.3, 0.4) is 0 Å². The molecule has 0 saturated carbocycles. The van der Waals surface area contributed by atoms with E-state index in [0.29, 0.717) is 29.1 Å². The zero-order chi connectivity index (χ0) is 24.9. The van der Waals surface area contributed by atoms with Crippen molar-refractivity contribution in [2.75, 3.05) is 22.5 Å². The van der Waals surface area contributed by atoms with Crippen molar-refractivity contribution >= 4 is 33.3 Å². The van der Waals surface area contributed by atoms with Gasteiger partial charge in [0.15, 0.2) is 0 Å². The Morgan fingerprint density at radius 2 is 1.53 bits per heavy atom. The van der Waals surface area contributed by atoms with Gasteiger partial charge >= 0.3 is 5.97 Å². The van der Waals surface area contributed by atoms with Crippen LogP contribution in [0.25, 0.3) is 0 Å². The summed E-state index contributed by atoms with van der Waals surface area (Å²) in [7, 11) is -3.51. The fraction of sp³-hybridized carbons (Fsp3) is 0.231. The van der Waals surface area contributed by atoms with E-state index in [4.69, 9.17) is 4.74 Å². The molecule has 178 valence electrons. The summed E-state index contributed by atoms with van der Waals surface area (Å²) in [5.74, 6) is -0.732. The number of esters is 1. The minimum absolute atomic E-state index is 0.153. The molecule has 0 fully saturated rings. The molecule has 0 bridgehead atoms. The van der Waals surface area contributed by atoms with Crippen molar-refractivity contribution in [3.05, 3.63) is 94.5 Å². The smallest absolute Gasteiger partial charge is 0.338 e. The van der Waals surface area contributed by atoms with Gasteiger partial charge in [-0.1, -0.05) is 24.3 Å². The number of rotatable bonds is 8. The first-order valence-corrected chi connectivity index (χ1v) is 12.7. The van der Waals surface area contributed by atoms with E-state index in [9.17, 15) is 18.0 Å². The number of amides is 1. The Labute approximate surface area is 200 Å². The third-order valence-corrected chi connectivity index (χ3v) is 6.36. The van der Waals surface area contributed by atoms with Crippen LogP contribution in [0, 0.1) is 13.8 Å². The van der Waals surface area contributed by atoms with Crippen LogP contribution in [0.5, 0.6) is 0 Å². The molecule has 7 nitrogen and oxygen atoms in total. The summed E-state index contributed by atoms with van der Waals surface area (Å²) in [5, 5.41) is 2.78. The first-order chi connectivity index (χ1) is 16.1. The number of ether oxygens (including phenoxy) is 1. The van der Waals surface area contributed by atoms with Gasteiger partial charge in [0, 0.05) is 11.3 Å². The summed E-state index contributed by atoms with van der Waals surface area (Å²) in [5.41, 5.74) is 4.59. The molecular weight excluding hydrogens is 452 g/mol. The number of aryl methyl sites for hydroxylation is 2. The Hall–Kier alpha value is -3.65. The maximum atomic E-state index is 12.6. The van der Waals surface area contributed by atoms with E-state index >= 15 is 0 Å².